The summed E-state index contributed by atoms with van der Waals surface area (Å²) >= 11 is 0. The number of hydrogen-bond donors (Lipinski definition) is 1. The molecular formula is C37H43N3O5S. The smallest absolute Gasteiger partial charge is 0.264 e. The van der Waals surface area contributed by atoms with Gasteiger partial charge in [-0.2, -0.15) is 0 Å². The molecule has 0 spiro atoms. The van der Waals surface area contributed by atoms with E-state index in [1.54, 1.807) is 42.5 Å². The second kappa shape index (κ2) is 16.6. The largest absolute Gasteiger partial charge is 0.492 e. The summed E-state index contributed by atoms with van der Waals surface area (Å²) < 4.78 is 35.4. The minimum atomic E-state index is -4.22. The lowest BCUT2D eigenvalue weighted by Crippen LogP contribution is -2.53. The quantitative estimate of drug-likeness (QED) is 0.148. The van der Waals surface area contributed by atoms with E-state index in [1.165, 1.54) is 17.0 Å². The molecule has 0 radical (unpaired) electrons. The Balaban J connectivity index is 1.81. The molecule has 8 nitrogen and oxygen atoms in total. The molecule has 0 fully saturated rings. The second-order valence-corrected chi connectivity index (χ2v) is 12.9. The van der Waals surface area contributed by atoms with Gasteiger partial charge in [0.05, 0.1) is 17.2 Å². The monoisotopic (exact) mass is 641 g/mol. The first-order valence-corrected chi connectivity index (χ1v) is 17.1. The Kier molecular flexibility index (Phi) is 12.4. The number of para-hydroxylation sites is 2. The lowest BCUT2D eigenvalue weighted by atomic mass is 10.0. The van der Waals surface area contributed by atoms with E-state index in [2.05, 4.69) is 5.32 Å². The number of carbonyl (C=O) groups excluding carboxylic acids is 2. The SMILES string of the molecule is CCCCNC(=O)[C@H](Cc1ccccc1)N(Cc1ccc(C)cc1)C(=O)CN(c1ccccc1OCC)S(=O)(=O)c1ccccc1. The number of nitrogens with zero attached hydrogens (tertiary/aromatic N) is 2. The standard InChI is InChI=1S/C37H43N3O5S/c1-4-6-25-38-37(42)34(26-30-15-9-7-10-16-30)39(27-31-23-21-29(3)22-24-31)36(41)28-40(33-19-13-14-20-35(33)45-5-2)46(43,44)32-17-11-8-12-18-32/h7-24,34H,4-6,25-28H2,1-3H3,(H,38,42)/t34-/m0/s1. The fraction of sp³-hybridized carbons (Fsp3) is 0.297. The fourth-order valence-electron chi connectivity index (χ4n) is 5.12. The van der Waals surface area contributed by atoms with Gasteiger partial charge in [-0.25, -0.2) is 8.42 Å². The van der Waals surface area contributed by atoms with Crippen LogP contribution in [0.5, 0.6) is 5.75 Å². The van der Waals surface area contributed by atoms with Gasteiger partial charge in [0.1, 0.15) is 18.3 Å². The summed E-state index contributed by atoms with van der Waals surface area (Å²) in [6.07, 6.45) is 1.96. The van der Waals surface area contributed by atoms with Crippen LogP contribution in [0.3, 0.4) is 0 Å². The summed E-state index contributed by atoms with van der Waals surface area (Å²) in [5.74, 6) is -0.469. The summed E-state index contributed by atoms with van der Waals surface area (Å²) in [6, 6.07) is 31.2. The summed E-state index contributed by atoms with van der Waals surface area (Å²) in [5, 5.41) is 3.02. The lowest BCUT2D eigenvalue weighted by Gasteiger charge is -2.34. The molecule has 46 heavy (non-hydrogen) atoms. The maximum Gasteiger partial charge on any atom is 0.264 e. The van der Waals surface area contributed by atoms with Crippen LogP contribution in [0.15, 0.2) is 114 Å². The summed E-state index contributed by atoms with van der Waals surface area (Å²) in [7, 11) is -4.22. The Bertz CT molecular complexity index is 1660. The number of anilines is 1. The number of ether oxygens (including phenoxy) is 1. The average molecular weight is 642 g/mol. The van der Waals surface area contributed by atoms with Gasteiger partial charge >= 0.3 is 0 Å². The number of rotatable bonds is 16. The van der Waals surface area contributed by atoms with E-state index in [1.807, 2.05) is 75.4 Å². The van der Waals surface area contributed by atoms with Crippen molar-refractivity contribution in [1.82, 2.24) is 10.2 Å². The van der Waals surface area contributed by atoms with Gasteiger partial charge in [-0.05, 0) is 55.7 Å². The first-order chi connectivity index (χ1) is 22.2. The van der Waals surface area contributed by atoms with Gasteiger partial charge in [0.2, 0.25) is 11.8 Å². The molecule has 0 saturated heterocycles. The van der Waals surface area contributed by atoms with Crippen LogP contribution >= 0.6 is 0 Å². The molecule has 0 bridgehead atoms. The third kappa shape index (κ3) is 8.97. The number of hydrogen-bond acceptors (Lipinski definition) is 5. The maximum atomic E-state index is 14.6. The van der Waals surface area contributed by atoms with Crippen molar-refractivity contribution in [1.29, 1.82) is 0 Å². The normalized spacial score (nSPS) is 11.8. The van der Waals surface area contributed by atoms with Gasteiger partial charge in [0, 0.05) is 19.5 Å². The predicted molar refractivity (Wildman–Crippen MR) is 182 cm³/mol. The molecule has 4 rings (SSSR count). The van der Waals surface area contributed by atoms with Crippen molar-refractivity contribution in [3.05, 3.63) is 126 Å². The van der Waals surface area contributed by atoms with Crippen LogP contribution in [0.1, 0.15) is 43.4 Å². The van der Waals surface area contributed by atoms with Crippen LogP contribution < -0.4 is 14.4 Å². The zero-order valence-electron chi connectivity index (χ0n) is 26.8. The zero-order chi connectivity index (χ0) is 32.9. The van der Waals surface area contributed by atoms with Crippen LogP contribution in [-0.2, 0) is 32.6 Å². The highest BCUT2D eigenvalue weighted by Crippen LogP contribution is 2.33. The number of carbonyl (C=O) groups is 2. The van der Waals surface area contributed by atoms with Crippen molar-refractivity contribution in [2.75, 3.05) is 24.0 Å². The third-order valence-electron chi connectivity index (χ3n) is 7.62. The molecule has 1 N–H and O–H groups in total. The lowest BCUT2D eigenvalue weighted by molar-refractivity contribution is -0.140. The van der Waals surface area contributed by atoms with E-state index in [9.17, 15) is 18.0 Å². The van der Waals surface area contributed by atoms with Crippen molar-refractivity contribution < 1.29 is 22.7 Å². The molecule has 2 amide bonds. The minimum Gasteiger partial charge on any atom is -0.492 e. The van der Waals surface area contributed by atoms with Crippen LogP contribution in [0.4, 0.5) is 5.69 Å². The van der Waals surface area contributed by atoms with Gasteiger partial charge in [-0.1, -0.05) is 104 Å². The Morgan fingerprint density at radius 3 is 2.09 bits per heavy atom. The zero-order valence-corrected chi connectivity index (χ0v) is 27.6. The Labute approximate surface area is 273 Å². The molecule has 0 aliphatic carbocycles. The molecule has 4 aromatic rings. The highest BCUT2D eigenvalue weighted by Gasteiger charge is 2.35. The minimum absolute atomic E-state index is 0.0392. The van der Waals surface area contributed by atoms with Crippen molar-refractivity contribution in [2.45, 2.75) is 57.5 Å². The van der Waals surface area contributed by atoms with E-state index in [4.69, 9.17) is 4.74 Å². The number of aryl methyl sites for hydroxylation is 1. The molecule has 1 atom stereocenters. The first-order valence-electron chi connectivity index (χ1n) is 15.7. The molecule has 4 aromatic carbocycles. The van der Waals surface area contributed by atoms with E-state index in [-0.39, 0.29) is 29.5 Å². The topological polar surface area (TPSA) is 96.0 Å². The molecule has 0 saturated carbocycles. The fourth-order valence-corrected chi connectivity index (χ4v) is 6.57. The van der Waals surface area contributed by atoms with E-state index < -0.39 is 28.5 Å². The van der Waals surface area contributed by atoms with E-state index in [0.29, 0.717) is 18.9 Å². The van der Waals surface area contributed by atoms with Crippen LogP contribution in [-0.4, -0.2) is 50.9 Å². The summed E-state index contributed by atoms with van der Waals surface area (Å²) in [4.78, 5) is 30.0. The molecule has 9 heteroatoms. The van der Waals surface area contributed by atoms with Crippen LogP contribution in [0.2, 0.25) is 0 Å². The number of benzene rings is 4. The molecule has 0 aliphatic heterocycles. The number of sulfonamides is 1. The van der Waals surface area contributed by atoms with Gasteiger partial charge in [0.25, 0.3) is 10.0 Å². The molecule has 0 aliphatic rings. The van der Waals surface area contributed by atoms with E-state index in [0.717, 1.165) is 33.8 Å². The molecule has 0 unspecified atom stereocenters. The number of unbranched alkanes of at least 4 members (excludes halogenated alkanes) is 1. The highest BCUT2D eigenvalue weighted by molar-refractivity contribution is 7.92. The summed E-state index contributed by atoms with van der Waals surface area (Å²) in [5.41, 5.74) is 3.01. The van der Waals surface area contributed by atoms with Crippen LogP contribution in [0.25, 0.3) is 0 Å². The molecule has 242 valence electrons. The molecular weight excluding hydrogens is 598 g/mol. The van der Waals surface area contributed by atoms with Gasteiger partial charge in [-0.3, -0.25) is 13.9 Å². The Morgan fingerprint density at radius 1 is 0.804 bits per heavy atom. The van der Waals surface area contributed by atoms with E-state index >= 15 is 0 Å². The first kappa shape index (κ1) is 34.2. The van der Waals surface area contributed by atoms with Crippen LogP contribution in [0, 0.1) is 6.92 Å². The number of amides is 2. The molecule has 0 heterocycles. The van der Waals surface area contributed by atoms with Gasteiger partial charge < -0.3 is 15.0 Å². The summed E-state index contributed by atoms with van der Waals surface area (Å²) in [6.45, 7) is 6.19. The average Bonchev–Trinajstić information content (AvgIpc) is 3.07. The predicted octanol–water partition coefficient (Wildman–Crippen LogP) is 6.15. The van der Waals surface area contributed by atoms with Crippen molar-refractivity contribution in [3.63, 3.8) is 0 Å². The molecule has 0 aromatic heterocycles. The van der Waals surface area contributed by atoms with Crippen molar-refractivity contribution in [2.24, 2.45) is 0 Å². The van der Waals surface area contributed by atoms with Crippen molar-refractivity contribution >= 4 is 27.5 Å². The maximum absolute atomic E-state index is 14.6. The van der Waals surface area contributed by atoms with Crippen molar-refractivity contribution in [3.8, 4) is 5.75 Å². The van der Waals surface area contributed by atoms with Gasteiger partial charge in [-0.15, -0.1) is 0 Å². The number of nitrogens with one attached hydrogen (secondary N) is 1. The second-order valence-electron chi connectivity index (χ2n) is 11.1. The highest BCUT2D eigenvalue weighted by atomic mass is 32.2. The Morgan fingerprint density at radius 2 is 1.43 bits per heavy atom. The Hall–Kier alpha value is -4.63. The third-order valence-corrected chi connectivity index (χ3v) is 9.39. The van der Waals surface area contributed by atoms with Gasteiger partial charge in [0.15, 0.2) is 0 Å².